The van der Waals surface area contributed by atoms with Crippen LogP contribution < -0.4 is 33.2 Å². The van der Waals surface area contributed by atoms with Crippen LogP contribution in [0, 0.1) is 0 Å². The van der Waals surface area contributed by atoms with E-state index in [9.17, 15) is 39.0 Å². The molecule has 5 atom stereocenters. The van der Waals surface area contributed by atoms with Crippen LogP contribution in [0.5, 0.6) is 0 Å². The summed E-state index contributed by atoms with van der Waals surface area (Å²) in [5, 5.41) is 25.9. The highest BCUT2D eigenvalue weighted by atomic mass is 16.4. The molecule has 0 spiro atoms. The minimum atomic E-state index is -1.65. The zero-order valence-corrected chi connectivity index (χ0v) is 19.7. The molecule has 0 aliphatic rings. The SMILES string of the molecule is CC(O)C(NC(=O)C(Cc1ccccc1)NC(=O)C(CCC(N)=O)NC(=O)C(N)CC(N)=O)C(=O)O. The molecule has 14 heteroatoms. The van der Waals surface area contributed by atoms with Gasteiger partial charge in [-0.1, -0.05) is 30.3 Å². The Labute approximate surface area is 206 Å². The van der Waals surface area contributed by atoms with Gasteiger partial charge < -0.3 is 43.4 Å². The normalized spacial score (nSPS) is 14.9. The fourth-order valence-corrected chi connectivity index (χ4v) is 3.12. The molecule has 11 N–H and O–H groups in total. The smallest absolute Gasteiger partial charge is 0.328 e. The number of aliphatic carboxylic acids is 1. The second-order valence-electron chi connectivity index (χ2n) is 8.16. The first-order valence-corrected chi connectivity index (χ1v) is 11.0. The van der Waals surface area contributed by atoms with Gasteiger partial charge in [0.2, 0.25) is 29.5 Å². The van der Waals surface area contributed by atoms with Crippen molar-refractivity contribution >= 4 is 35.5 Å². The number of benzene rings is 1. The highest BCUT2D eigenvalue weighted by molar-refractivity contribution is 5.95. The van der Waals surface area contributed by atoms with Gasteiger partial charge in [-0.3, -0.25) is 24.0 Å². The number of amides is 5. The standard InChI is InChI=1S/C22H32N6O8/c1-11(29)18(22(35)36)28-21(34)15(9-12-5-3-2-4-6-12)27-20(33)14(7-8-16(24)30)26-19(32)13(23)10-17(25)31/h2-6,11,13-15,18,29H,7-10,23H2,1H3,(H2,24,30)(H2,25,31)(H,26,32)(H,27,33)(H,28,34)(H,35,36). The number of hydrogen-bond donors (Lipinski definition) is 8. The summed E-state index contributed by atoms with van der Waals surface area (Å²) in [6, 6.07) is 2.75. The fourth-order valence-electron chi connectivity index (χ4n) is 3.12. The van der Waals surface area contributed by atoms with Gasteiger partial charge in [-0.05, 0) is 18.9 Å². The number of carboxylic acids is 1. The number of carboxylic acid groups (broad SMARTS) is 1. The monoisotopic (exact) mass is 508 g/mol. The first-order valence-electron chi connectivity index (χ1n) is 11.0. The molecule has 0 saturated heterocycles. The highest BCUT2D eigenvalue weighted by Gasteiger charge is 2.32. The molecule has 1 aromatic rings. The minimum Gasteiger partial charge on any atom is -0.480 e. The van der Waals surface area contributed by atoms with Crippen LogP contribution in [0.4, 0.5) is 0 Å². The van der Waals surface area contributed by atoms with Crippen molar-refractivity contribution < 1.29 is 39.0 Å². The average Bonchev–Trinajstić information content (AvgIpc) is 2.78. The second-order valence-corrected chi connectivity index (χ2v) is 8.16. The summed E-state index contributed by atoms with van der Waals surface area (Å²) in [4.78, 5) is 72.0. The van der Waals surface area contributed by atoms with E-state index in [2.05, 4.69) is 16.0 Å². The van der Waals surface area contributed by atoms with E-state index in [1.54, 1.807) is 30.3 Å². The van der Waals surface area contributed by atoms with E-state index in [0.717, 1.165) is 0 Å². The van der Waals surface area contributed by atoms with Crippen molar-refractivity contribution in [2.45, 2.75) is 62.9 Å². The molecule has 5 amide bonds. The van der Waals surface area contributed by atoms with Crippen molar-refractivity contribution in [1.29, 1.82) is 0 Å². The Bertz CT molecular complexity index is 955. The number of nitrogens with one attached hydrogen (secondary N) is 3. The van der Waals surface area contributed by atoms with Crippen molar-refractivity contribution in [2.75, 3.05) is 0 Å². The summed E-state index contributed by atoms with van der Waals surface area (Å²) in [6.45, 7) is 1.18. The molecule has 1 aromatic carbocycles. The maximum absolute atomic E-state index is 13.0. The molecular weight excluding hydrogens is 476 g/mol. The van der Waals surface area contributed by atoms with Crippen LogP contribution in [0.1, 0.15) is 31.7 Å². The third-order valence-electron chi connectivity index (χ3n) is 5.03. The number of hydrogen-bond acceptors (Lipinski definition) is 8. The van der Waals surface area contributed by atoms with Crippen molar-refractivity contribution in [2.24, 2.45) is 17.2 Å². The number of rotatable bonds is 15. The molecule has 36 heavy (non-hydrogen) atoms. The molecule has 0 aliphatic heterocycles. The van der Waals surface area contributed by atoms with E-state index in [0.29, 0.717) is 5.56 Å². The van der Waals surface area contributed by atoms with E-state index in [1.807, 2.05) is 0 Å². The molecule has 14 nitrogen and oxygen atoms in total. The van der Waals surface area contributed by atoms with Gasteiger partial charge in [-0.2, -0.15) is 0 Å². The Hall–Kier alpha value is -4.04. The van der Waals surface area contributed by atoms with Gasteiger partial charge in [0.25, 0.3) is 0 Å². The highest BCUT2D eigenvalue weighted by Crippen LogP contribution is 2.07. The van der Waals surface area contributed by atoms with Crippen LogP contribution in [0.15, 0.2) is 30.3 Å². The van der Waals surface area contributed by atoms with Gasteiger partial charge in [-0.15, -0.1) is 0 Å². The van der Waals surface area contributed by atoms with Crippen LogP contribution in [0.25, 0.3) is 0 Å². The molecule has 0 bridgehead atoms. The van der Waals surface area contributed by atoms with Gasteiger partial charge in [0.1, 0.15) is 12.1 Å². The van der Waals surface area contributed by atoms with Gasteiger partial charge >= 0.3 is 5.97 Å². The first-order chi connectivity index (χ1) is 16.8. The Morgan fingerprint density at radius 1 is 0.861 bits per heavy atom. The van der Waals surface area contributed by atoms with Crippen molar-refractivity contribution in [3.63, 3.8) is 0 Å². The lowest BCUT2D eigenvalue weighted by Crippen LogP contribution is -2.59. The Morgan fingerprint density at radius 3 is 1.92 bits per heavy atom. The zero-order chi connectivity index (χ0) is 27.4. The number of carbonyl (C=O) groups excluding carboxylic acids is 5. The second kappa shape index (κ2) is 14.4. The van der Waals surface area contributed by atoms with Crippen LogP contribution in [0.3, 0.4) is 0 Å². The van der Waals surface area contributed by atoms with Gasteiger partial charge in [0.15, 0.2) is 6.04 Å². The summed E-state index contributed by atoms with van der Waals surface area (Å²) < 4.78 is 0. The summed E-state index contributed by atoms with van der Waals surface area (Å²) in [5.74, 6) is -5.80. The van der Waals surface area contributed by atoms with E-state index in [4.69, 9.17) is 17.2 Å². The third kappa shape index (κ3) is 10.5. The van der Waals surface area contributed by atoms with E-state index in [1.165, 1.54) is 6.92 Å². The number of carbonyl (C=O) groups is 6. The maximum Gasteiger partial charge on any atom is 0.328 e. The Balaban J connectivity index is 3.14. The van der Waals surface area contributed by atoms with Crippen LogP contribution in [0.2, 0.25) is 0 Å². The van der Waals surface area contributed by atoms with E-state index >= 15 is 0 Å². The number of nitrogens with two attached hydrogens (primary N) is 3. The minimum absolute atomic E-state index is 0.0672. The molecule has 0 fully saturated rings. The number of primary amides is 2. The Kier molecular flexibility index (Phi) is 12.0. The molecule has 5 unspecified atom stereocenters. The summed E-state index contributed by atoms with van der Waals surface area (Å²) in [6.07, 6.45) is -2.55. The largest absolute Gasteiger partial charge is 0.480 e. The molecule has 0 aromatic heterocycles. The maximum atomic E-state index is 13.0. The molecule has 0 heterocycles. The predicted molar refractivity (Wildman–Crippen MR) is 125 cm³/mol. The van der Waals surface area contributed by atoms with Crippen LogP contribution in [-0.4, -0.2) is 76.0 Å². The fraction of sp³-hybridized carbons (Fsp3) is 0.455. The topological polar surface area (TPSA) is 257 Å². The third-order valence-corrected chi connectivity index (χ3v) is 5.03. The summed E-state index contributed by atoms with van der Waals surface area (Å²) in [7, 11) is 0. The summed E-state index contributed by atoms with van der Waals surface area (Å²) >= 11 is 0. The number of aliphatic hydroxyl groups excluding tert-OH is 1. The lowest BCUT2D eigenvalue weighted by molar-refractivity contribution is -0.145. The van der Waals surface area contributed by atoms with E-state index in [-0.39, 0.29) is 19.3 Å². The lowest BCUT2D eigenvalue weighted by atomic mass is 10.0. The molecule has 0 saturated carbocycles. The van der Waals surface area contributed by atoms with Crippen LogP contribution >= 0.6 is 0 Å². The Morgan fingerprint density at radius 2 is 1.42 bits per heavy atom. The molecule has 0 radical (unpaired) electrons. The van der Waals surface area contributed by atoms with Crippen LogP contribution in [-0.2, 0) is 35.2 Å². The molecule has 1 rings (SSSR count). The van der Waals surface area contributed by atoms with E-state index < -0.39 is 72.2 Å². The first kappa shape index (κ1) is 30.0. The average molecular weight is 509 g/mol. The van der Waals surface area contributed by atoms with Gasteiger partial charge in [-0.25, -0.2) is 4.79 Å². The summed E-state index contributed by atoms with van der Waals surface area (Å²) in [5.41, 5.74) is 16.4. The van der Waals surface area contributed by atoms with Crippen molar-refractivity contribution in [1.82, 2.24) is 16.0 Å². The lowest BCUT2D eigenvalue weighted by Gasteiger charge is -2.25. The molecule has 0 aliphatic carbocycles. The zero-order valence-electron chi connectivity index (χ0n) is 19.7. The quantitative estimate of drug-likeness (QED) is 0.117. The van der Waals surface area contributed by atoms with Crippen molar-refractivity contribution in [3.05, 3.63) is 35.9 Å². The molecular formula is C22H32N6O8. The number of aliphatic hydroxyl groups is 1. The van der Waals surface area contributed by atoms with Gasteiger partial charge in [0, 0.05) is 12.8 Å². The van der Waals surface area contributed by atoms with Gasteiger partial charge in [0.05, 0.1) is 18.6 Å². The molecule has 198 valence electrons. The predicted octanol–water partition coefficient (Wildman–Crippen LogP) is -3.38. The van der Waals surface area contributed by atoms with Crippen molar-refractivity contribution in [3.8, 4) is 0 Å².